The largest absolute Gasteiger partial charge is 0.321 e. The van der Waals surface area contributed by atoms with E-state index in [0.29, 0.717) is 0 Å². The second-order valence-electron chi connectivity index (χ2n) is 4.05. The van der Waals surface area contributed by atoms with Crippen molar-refractivity contribution in [2.45, 2.75) is 13.8 Å². The second kappa shape index (κ2) is 4.26. The monoisotopic (exact) mass is 224 g/mol. The van der Waals surface area contributed by atoms with Crippen molar-refractivity contribution in [3.63, 3.8) is 0 Å². The predicted octanol–water partition coefficient (Wildman–Crippen LogP) is 2.53. The summed E-state index contributed by atoms with van der Waals surface area (Å²) in [7, 11) is 0. The zero-order valence-corrected chi connectivity index (χ0v) is 9.74. The zero-order chi connectivity index (χ0) is 12.4. The normalized spacial score (nSPS) is 9.94. The van der Waals surface area contributed by atoms with Crippen molar-refractivity contribution in [3.05, 3.63) is 57.4 Å². The van der Waals surface area contributed by atoms with Gasteiger partial charge in [-0.1, -0.05) is 29.8 Å². The molecule has 0 aliphatic rings. The van der Waals surface area contributed by atoms with Crippen molar-refractivity contribution >= 4 is 0 Å². The summed E-state index contributed by atoms with van der Waals surface area (Å²) in [6.45, 7) is 3.89. The summed E-state index contributed by atoms with van der Waals surface area (Å²) in [6.07, 6.45) is 0. The number of pyridine rings is 1. The van der Waals surface area contributed by atoms with E-state index in [1.807, 2.05) is 44.2 Å². The van der Waals surface area contributed by atoms with Crippen LogP contribution >= 0.6 is 0 Å². The van der Waals surface area contributed by atoms with Gasteiger partial charge < -0.3 is 4.98 Å². The Morgan fingerprint density at radius 2 is 1.82 bits per heavy atom. The molecule has 2 aromatic rings. The molecular formula is C14H12N2O. The summed E-state index contributed by atoms with van der Waals surface area (Å²) in [4.78, 5) is 14.3. The van der Waals surface area contributed by atoms with Crippen LogP contribution in [0.3, 0.4) is 0 Å². The molecule has 1 aromatic carbocycles. The number of aryl methyl sites for hydroxylation is 2. The Hall–Kier alpha value is -2.34. The third-order valence-electron chi connectivity index (χ3n) is 2.70. The van der Waals surface area contributed by atoms with Crippen molar-refractivity contribution in [2.24, 2.45) is 0 Å². The van der Waals surface area contributed by atoms with Crippen LogP contribution in [-0.4, -0.2) is 4.98 Å². The lowest BCUT2D eigenvalue weighted by atomic mass is 10.0. The fraction of sp³-hybridized carbons (Fsp3) is 0.143. The number of rotatable bonds is 1. The van der Waals surface area contributed by atoms with Gasteiger partial charge in [-0.2, -0.15) is 5.26 Å². The second-order valence-corrected chi connectivity index (χ2v) is 4.05. The molecule has 2 rings (SSSR count). The van der Waals surface area contributed by atoms with Gasteiger partial charge in [0.2, 0.25) is 0 Å². The number of aromatic nitrogens is 1. The highest BCUT2D eigenvalue weighted by Crippen LogP contribution is 2.20. The lowest BCUT2D eigenvalue weighted by molar-refractivity contribution is 1.18. The first-order chi connectivity index (χ1) is 8.11. The number of aromatic amines is 1. The maximum absolute atomic E-state index is 11.6. The van der Waals surface area contributed by atoms with Crippen LogP contribution in [-0.2, 0) is 0 Å². The minimum Gasteiger partial charge on any atom is -0.321 e. The standard InChI is InChI=1S/C14H12N2O/c1-9-3-5-11(6-4-9)13-10(2)7-12(8-15)14(17)16-13/h3-7H,1-2H3,(H,16,17). The molecule has 0 atom stereocenters. The molecule has 0 bridgehead atoms. The van der Waals surface area contributed by atoms with E-state index in [4.69, 9.17) is 5.26 Å². The van der Waals surface area contributed by atoms with E-state index in [0.717, 1.165) is 16.8 Å². The highest BCUT2D eigenvalue weighted by molar-refractivity contribution is 5.63. The third-order valence-corrected chi connectivity index (χ3v) is 2.70. The number of nitrogens with one attached hydrogen (secondary N) is 1. The lowest BCUT2D eigenvalue weighted by Crippen LogP contribution is -2.11. The van der Waals surface area contributed by atoms with E-state index in [2.05, 4.69) is 4.98 Å². The first-order valence-corrected chi connectivity index (χ1v) is 5.33. The van der Waals surface area contributed by atoms with E-state index < -0.39 is 0 Å². The summed E-state index contributed by atoms with van der Waals surface area (Å²) >= 11 is 0. The van der Waals surface area contributed by atoms with Crippen LogP contribution in [0.15, 0.2) is 35.1 Å². The van der Waals surface area contributed by atoms with Crippen LogP contribution in [0.2, 0.25) is 0 Å². The van der Waals surface area contributed by atoms with Crippen molar-refractivity contribution < 1.29 is 0 Å². The van der Waals surface area contributed by atoms with E-state index in [1.165, 1.54) is 5.56 Å². The summed E-state index contributed by atoms with van der Waals surface area (Å²) in [5.74, 6) is 0. The molecule has 1 N–H and O–H groups in total. The lowest BCUT2D eigenvalue weighted by Gasteiger charge is -2.06. The molecule has 0 unspecified atom stereocenters. The maximum Gasteiger partial charge on any atom is 0.266 e. The van der Waals surface area contributed by atoms with Crippen molar-refractivity contribution in [3.8, 4) is 17.3 Å². The molecular weight excluding hydrogens is 212 g/mol. The summed E-state index contributed by atoms with van der Waals surface area (Å²) in [5, 5.41) is 8.77. The molecule has 17 heavy (non-hydrogen) atoms. The average Bonchev–Trinajstić information content (AvgIpc) is 2.33. The van der Waals surface area contributed by atoms with E-state index >= 15 is 0 Å². The van der Waals surface area contributed by atoms with Crippen LogP contribution in [0.1, 0.15) is 16.7 Å². The Morgan fingerprint density at radius 3 is 2.41 bits per heavy atom. The molecule has 3 nitrogen and oxygen atoms in total. The summed E-state index contributed by atoms with van der Waals surface area (Å²) in [6, 6.07) is 11.4. The van der Waals surface area contributed by atoms with Crippen LogP contribution < -0.4 is 5.56 Å². The fourth-order valence-electron chi connectivity index (χ4n) is 1.74. The summed E-state index contributed by atoms with van der Waals surface area (Å²) < 4.78 is 0. The van der Waals surface area contributed by atoms with Gasteiger partial charge in [0.25, 0.3) is 5.56 Å². The van der Waals surface area contributed by atoms with Crippen LogP contribution in [0.4, 0.5) is 0 Å². The number of benzene rings is 1. The minimum atomic E-state index is -0.339. The molecule has 3 heteroatoms. The first-order valence-electron chi connectivity index (χ1n) is 5.33. The first kappa shape index (κ1) is 11.2. The van der Waals surface area contributed by atoms with Gasteiger partial charge >= 0.3 is 0 Å². The van der Waals surface area contributed by atoms with E-state index in [-0.39, 0.29) is 11.1 Å². The van der Waals surface area contributed by atoms with Crippen LogP contribution in [0.5, 0.6) is 0 Å². The molecule has 0 saturated carbocycles. The summed E-state index contributed by atoms with van der Waals surface area (Å²) in [5.41, 5.74) is 3.60. The van der Waals surface area contributed by atoms with Gasteiger partial charge in [0.15, 0.2) is 0 Å². The molecule has 1 heterocycles. The van der Waals surface area contributed by atoms with Crippen LogP contribution in [0, 0.1) is 25.2 Å². The van der Waals surface area contributed by atoms with Crippen molar-refractivity contribution in [1.29, 1.82) is 5.26 Å². The topological polar surface area (TPSA) is 56.6 Å². The Morgan fingerprint density at radius 1 is 1.18 bits per heavy atom. The molecule has 84 valence electrons. The molecule has 0 radical (unpaired) electrons. The fourth-order valence-corrected chi connectivity index (χ4v) is 1.74. The molecule has 0 aliphatic carbocycles. The SMILES string of the molecule is Cc1ccc(-c2[nH]c(=O)c(C#N)cc2C)cc1. The highest BCUT2D eigenvalue weighted by Gasteiger charge is 2.06. The van der Waals surface area contributed by atoms with Gasteiger partial charge in [-0.05, 0) is 31.0 Å². The van der Waals surface area contributed by atoms with Gasteiger partial charge in [0.05, 0.1) is 5.69 Å². The van der Waals surface area contributed by atoms with Crippen LogP contribution in [0.25, 0.3) is 11.3 Å². The van der Waals surface area contributed by atoms with Gasteiger partial charge in [-0.15, -0.1) is 0 Å². The Balaban J connectivity index is 2.61. The zero-order valence-electron chi connectivity index (χ0n) is 9.74. The quantitative estimate of drug-likeness (QED) is 0.809. The minimum absolute atomic E-state index is 0.151. The van der Waals surface area contributed by atoms with E-state index in [1.54, 1.807) is 6.07 Å². The number of nitrogens with zero attached hydrogens (tertiary/aromatic N) is 1. The number of nitriles is 1. The third kappa shape index (κ3) is 2.11. The number of hydrogen-bond acceptors (Lipinski definition) is 2. The van der Waals surface area contributed by atoms with Gasteiger partial charge in [-0.25, -0.2) is 0 Å². The molecule has 0 fully saturated rings. The van der Waals surface area contributed by atoms with Gasteiger partial charge in [0, 0.05) is 0 Å². The highest BCUT2D eigenvalue weighted by atomic mass is 16.1. The van der Waals surface area contributed by atoms with Crippen molar-refractivity contribution in [1.82, 2.24) is 4.98 Å². The number of hydrogen-bond donors (Lipinski definition) is 1. The Kier molecular flexibility index (Phi) is 2.80. The maximum atomic E-state index is 11.6. The predicted molar refractivity (Wildman–Crippen MR) is 66.7 cm³/mol. The average molecular weight is 224 g/mol. The molecule has 0 spiro atoms. The molecule has 0 amide bonds. The smallest absolute Gasteiger partial charge is 0.266 e. The van der Waals surface area contributed by atoms with Gasteiger partial charge in [0.1, 0.15) is 11.6 Å². The van der Waals surface area contributed by atoms with E-state index in [9.17, 15) is 4.79 Å². The van der Waals surface area contributed by atoms with Crippen molar-refractivity contribution in [2.75, 3.05) is 0 Å². The Bertz CT molecular complexity index is 645. The molecule has 0 aliphatic heterocycles. The number of H-pyrrole nitrogens is 1. The molecule has 0 saturated heterocycles. The van der Waals surface area contributed by atoms with Gasteiger partial charge in [-0.3, -0.25) is 4.79 Å². The Labute approximate surface area is 99.4 Å². The molecule has 1 aromatic heterocycles.